The van der Waals surface area contributed by atoms with Crippen LogP contribution in [0.3, 0.4) is 0 Å². The molecule has 1 aliphatic rings. The van der Waals surface area contributed by atoms with Crippen molar-refractivity contribution >= 4 is 20.0 Å². The number of nitrogens with one attached hydrogen (secondary N) is 2. The van der Waals surface area contributed by atoms with Gasteiger partial charge in [0.25, 0.3) is 0 Å². The fourth-order valence-electron chi connectivity index (χ4n) is 3.45. The van der Waals surface area contributed by atoms with Crippen molar-refractivity contribution in [3.05, 3.63) is 60.2 Å². The zero-order valence-corrected chi connectivity index (χ0v) is 18.6. The molecule has 0 aromatic heterocycles. The Morgan fingerprint density at radius 1 is 0.938 bits per heavy atom. The van der Waals surface area contributed by atoms with Crippen LogP contribution < -0.4 is 9.44 Å². The van der Waals surface area contributed by atoms with Gasteiger partial charge in [-0.1, -0.05) is 12.1 Å². The summed E-state index contributed by atoms with van der Waals surface area (Å²) in [4.78, 5) is -0.426. The smallest absolute Gasteiger partial charge is 0.241 e. The van der Waals surface area contributed by atoms with E-state index in [4.69, 9.17) is 4.74 Å². The van der Waals surface area contributed by atoms with Gasteiger partial charge in [0.2, 0.25) is 20.0 Å². The standard InChI is InChI=1S/C20H24F2N2O6S2/c21-14-3-1-5-17(11-14)31(26,27)23-10-9-16-7-8-19(20(13-25)30-16)24-32(28,29)18-6-2-4-15(22)12-18/h1-6,11-12,16,19-20,23-25H,7-10,13H2/t16-,19-,20-/m0/s1. The molecule has 12 heteroatoms. The zero-order chi connectivity index (χ0) is 23.4. The molecule has 2 aromatic rings. The molecule has 32 heavy (non-hydrogen) atoms. The minimum atomic E-state index is -4.02. The van der Waals surface area contributed by atoms with Crippen molar-refractivity contribution in [2.24, 2.45) is 0 Å². The molecule has 1 saturated heterocycles. The Morgan fingerprint density at radius 3 is 2.09 bits per heavy atom. The summed E-state index contributed by atoms with van der Waals surface area (Å²) in [6, 6.07) is 8.47. The molecular weight excluding hydrogens is 466 g/mol. The Labute approximate surface area is 185 Å². The fourth-order valence-corrected chi connectivity index (χ4v) is 5.86. The van der Waals surface area contributed by atoms with Crippen molar-refractivity contribution < 1.29 is 35.5 Å². The van der Waals surface area contributed by atoms with Crippen LogP contribution in [0.15, 0.2) is 58.3 Å². The Hall–Kier alpha value is -1.96. The monoisotopic (exact) mass is 490 g/mol. The molecule has 176 valence electrons. The second kappa shape index (κ2) is 10.3. The molecule has 3 rings (SSSR count). The molecule has 8 nitrogen and oxygen atoms in total. The van der Waals surface area contributed by atoms with Crippen LogP contribution in [-0.4, -0.2) is 53.3 Å². The third-order valence-electron chi connectivity index (χ3n) is 5.07. The summed E-state index contributed by atoms with van der Waals surface area (Å²) in [6.07, 6.45) is -0.251. The highest BCUT2D eigenvalue weighted by atomic mass is 32.2. The van der Waals surface area contributed by atoms with Gasteiger partial charge in [0.15, 0.2) is 0 Å². The van der Waals surface area contributed by atoms with E-state index < -0.39 is 56.5 Å². The lowest BCUT2D eigenvalue weighted by molar-refractivity contribution is -0.0869. The Morgan fingerprint density at radius 2 is 1.53 bits per heavy atom. The van der Waals surface area contributed by atoms with E-state index in [1.165, 1.54) is 24.3 Å². The molecule has 1 heterocycles. The van der Waals surface area contributed by atoms with Gasteiger partial charge in [-0.3, -0.25) is 0 Å². The minimum absolute atomic E-state index is 0.0152. The molecule has 1 aliphatic heterocycles. The van der Waals surface area contributed by atoms with Gasteiger partial charge < -0.3 is 9.84 Å². The zero-order valence-electron chi connectivity index (χ0n) is 16.9. The number of aliphatic hydroxyl groups excluding tert-OH is 1. The van der Waals surface area contributed by atoms with Gasteiger partial charge in [0.05, 0.1) is 34.6 Å². The van der Waals surface area contributed by atoms with Gasteiger partial charge in [-0.15, -0.1) is 0 Å². The summed E-state index contributed by atoms with van der Waals surface area (Å²) >= 11 is 0. The van der Waals surface area contributed by atoms with Crippen LogP contribution in [0.2, 0.25) is 0 Å². The number of hydrogen-bond acceptors (Lipinski definition) is 6. The number of halogens is 2. The van der Waals surface area contributed by atoms with Crippen LogP contribution in [0.1, 0.15) is 19.3 Å². The van der Waals surface area contributed by atoms with Crippen molar-refractivity contribution in [3.8, 4) is 0 Å². The molecule has 0 amide bonds. The van der Waals surface area contributed by atoms with E-state index in [2.05, 4.69) is 9.44 Å². The lowest BCUT2D eigenvalue weighted by Gasteiger charge is -2.36. The van der Waals surface area contributed by atoms with E-state index in [0.717, 1.165) is 24.3 Å². The topological polar surface area (TPSA) is 122 Å². The maximum absolute atomic E-state index is 13.4. The largest absolute Gasteiger partial charge is 0.394 e. The van der Waals surface area contributed by atoms with E-state index in [-0.39, 0.29) is 22.8 Å². The maximum Gasteiger partial charge on any atom is 0.241 e. The van der Waals surface area contributed by atoms with Gasteiger partial charge in [-0.05, 0) is 55.7 Å². The molecule has 1 fully saturated rings. The van der Waals surface area contributed by atoms with Gasteiger partial charge in [-0.2, -0.15) is 0 Å². The molecule has 0 aliphatic carbocycles. The number of sulfonamides is 2. The van der Waals surface area contributed by atoms with Crippen LogP contribution in [0.4, 0.5) is 8.78 Å². The molecule has 0 radical (unpaired) electrons. The maximum atomic E-state index is 13.4. The minimum Gasteiger partial charge on any atom is -0.394 e. The van der Waals surface area contributed by atoms with E-state index in [1.807, 2.05) is 0 Å². The molecule has 2 aromatic carbocycles. The molecule has 0 saturated carbocycles. The Balaban J connectivity index is 1.55. The van der Waals surface area contributed by atoms with Crippen molar-refractivity contribution in [3.63, 3.8) is 0 Å². The van der Waals surface area contributed by atoms with Crippen LogP contribution in [-0.2, 0) is 24.8 Å². The third kappa shape index (κ3) is 6.30. The number of hydrogen-bond donors (Lipinski definition) is 3. The molecule has 0 unspecified atom stereocenters. The summed E-state index contributed by atoms with van der Waals surface area (Å²) in [5.74, 6) is -1.35. The SMILES string of the molecule is O=S(=O)(NCC[C@@H]1CC[C@H](NS(=O)(=O)c2cccc(F)c2)[C@H](CO)O1)c1cccc(F)c1. The average Bonchev–Trinajstić information content (AvgIpc) is 2.74. The highest BCUT2D eigenvalue weighted by Crippen LogP contribution is 2.24. The molecule has 3 atom stereocenters. The number of benzene rings is 2. The first-order valence-electron chi connectivity index (χ1n) is 9.90. The molecule has 0 bridgehead atoms. The van der Waals surface area contributed by atoms with E-state index in [0.29, 0.717) is 12.8 Å². The number of ether oxygens (including phenoxy) is 1. The highest BCUT2D eigenvalue weighted by Gasteiger charge is 2.34. The predicted octanol–water partition coefficient (Wildman–Crippen LogP) is 1.52. The normalized spacial score (nSPS) is 22.0. The number of aliphatic hydroxyl groups is 1. The van der Waals surface area contributed by atoms with Gasteiger partial charge in [0, 0.05) is 6.54 Å². The van der Waals surface area contributed by atoms with Gasteiger partial charge >= 0.3 is 0 Å². The number of rotatable bonds is 9. The lowest BCUT2D eigenvalue weighted by Crippen LogP contribution is -2.51. The second-order valence-electron chi connectivity index (χ2n) is 7.39. The molecule has 3 N–H and O–H groups in total. The Kier molecular flexibility index (Phi) is 7.96. The molecule has 0 spiro atoms. The van der Waals surface area contributed by atoms with Crippen molar-refractivity contribution in [2.75, 3.05) is 13.2 Å². The highest BCUT2D eigenvalue weighted by molar-refractivity contribution is 7.89. The first-order chi connectivity index (χ1) is 15.1. The summed E-state index contributed by atoms with van der Waals surface area (Å²) in [7, 11) is -7.91. The summed E-state index contributed by atoms with van der Waals surface area (Å²) < 4.78 is 86.8. The lowest BCUT2D eigenvalue weighted by atomic mass is 9.98. The van der Waals surface area contributed by atoms with Crippen LogP contribution in [0.5, 0.6) is 0 Å². The van der Waals surface area contributed by atoms with Crippen LogP contribution >= 0.6 is 0 Å². The average molecular weight is 491 g/mol. The summed E-state index contributed by atoms with van der Waals surface area (Å²) in [5.41, 5.74) is 0. The van der Waals surface area contributed by atoms with E-state index in [9.17, 15) is 30.7 Å². The van der Waals surface area contributed by atoms with Crippen molar-refractivity contribution in [2.45, 2.75) is 47.3 Å². The van der Waals surface area contributed by atoms with Crippen molar-refractivity contribution in [1.82, 2.24) is 9.44 Å². The summed E-state index contributed by atoms with van der Waals surface area (Å²) in [6.45, 7) is -0.441. The summed E-state index contributed by atoms with van der Waals surface area (Å²) in [5, 5.41) is 9.65. The fraction of sp³-hybridized carbons (Fsp3) is 0.400. The van der Waals surface area contributed by atoms with Gasteiger partial charge in [-0.25, -0.2) is 35.1 Å². The first kappa shape index (κ1) is 24.7. The Bertz CT molecular complexity index is 1140. The second-order valence-corrected chi connectivity index (χ2v) is 10.9. The molecular formula is C20H24F2N2O6S2. The van der Waals surface area contributed by atoms with Crippen molar-refractivity contribution in [1.29, 1.82) is 0 Å². The van der Waals surface area contributed by atoms with Gasteiger partial charge in [0.1, 0.15) is 11.6 Å². The predicted molar refractivity (Wildman–Crippen MR) is 112 cm³/mol. The third-order valence-corrected chi connectivity index (χ3v) is 8.02. The van der Waals surface area contributed by atoms with E-state index >= 15 is 0 Å². The first-order valence-corrected chi connectivity index (χ1v) is 12.9. The van der Waals surface area contributed by atoms with Crippen LogP contribution in [0.25, 0.3) is 0 Å². The quantitative estimate of drug-likeness (QED) is 0.490. The van der Waals surface area contributed by atoms with Crippen LogP contribution in [0, 0.1) is 11.6 Å². The van der Waals surface area contributed by atoms with E-state index in [1.54, 1.807) is 0 Å².